The SMILES string of the molecule is COC[C@@H]1CN(C=O)CC12CN(C(=O)[C@H]1CC1(C)C)C2. The first kappa shape index (κ1) is 13.9. The molecule has 112 valence electrons. The number of carbonyl (C=O) groups is 2. The molecule has 0 unspecified atom stereocenters. The monoisotopic (exact) mass is 280 g/mol. The maximum atomic E-state index is 12.4. The zero-order valence-electron chi connectivity index (χ0n) is 12.6. The third-order valence-electron chi connectivity index (χ3n) is 5.49. The van der Waals surface area contributed by atoms with Crippen LogP contribution < -0.4 is 0 Å². The van der Waals surface area contributed by atoms with Gasteiger partial charge in [-0.2, -0.15) is 0 Å². The minimum atomic E-state index is 0.0750. The van der Waals surface area contributed by atoms with Crippen molar-refractivity contribution in [2.24, 2.45) is 22.7 Å². The van der Waals surface area contributed by atoms with E-state index < -0.39 is 0 Å². The molecule has 0 radical (unpaired) electrons. The zero-order chi connectivity index (χ0) is 14.5. The highest BCUT2D eigenvalue weighted by Crippen LogP contribution is 2.54. The van der Waals surface area contributed by atoms with Gasteiger partial charge >= 0.3 is 0 Å². The molecule has 20 heavy (non-hydrogen) atoms. The highest BCUT2D eigenvalue weighted by Gasteiger charge is 2.59. The van der Waals surface area contributed by atoms with Gasteiger partial charge in [0.25, 0.3) is 0 Å². The van der Waals surface area contributed by atoms with Crippen molar-refractivity contribution in [2.75, 3.05) is 39.9 Å². The second kappa shape index (κ2) is 4.45. The number of nitrogens with zero attached hydrogens (tertiary/aromatic N) is 2. The zero-order valence-corrected chi connectivity index (χ0v) is 12.6. The molecule has 1 spiro atoms. The van der Waals surface area contributed by atoms with Crippen molar-refractivity contribution < 1.29 is 14.3 Å². The predicted molar refractivity (Wildman–Crippen MR) is 73.9 cm³/mol. The Kier molecular flexibility index (Phi) is 3.08. The predicted octanol–water partition coefficient (Wildman–Crippen LogP) is 0.596. The Bertz CT molecular complexity index is 429. The van der Waals surface area contributed by atoms with E-state index in [4.69, 9.17) is 4.74 Å². The average molecular weight is 280 g/mol. The van der Waals surface area contributed by atoms with Gasteiger partial charge in [0, 0.05) is 50.5 Å². The van der Waals surface area contributed by atoms with Crippen molar-refractivity contribution in [1.82, 2.24) is 9.80 Å². The van der Waals surface area contributed by atoms with E-state index in [1.807, 2.05) is 9.80 Å². The molecule has 2 saturated heterocycles. The van der Waals surface area contributed by atoms with E-state index in [0.717, 1.165) is 39.0 Å². The summed E-state index contributed by atoms with van der Waals surface area (Å²) in [6, 6.07) is 0. The summed E-state index contributed by atoms with van der Waals surface area (Å²) >= 11 is 0. The van der Waals surface area contributed by atoms with Gasteiger partial charge in [0.05, 0.1) is 6.61 Å². The molecular weight excluding hydrogens is 256 g/mol. The molecule has 2 aliphatic heterocycles. The first-order valence-corrected chi connectivity index (χ1v) is 7.39. The van der Waals surface area contributed by atoms with Gasteiger partial charge in [0.2, 0.25) is 12.3 Å². The topological polar surface area (TPSA) is 49.9 Å². The van der Waals surface area contributed by atoms with Crippen LogP contribution in [0.1, 0.15) is 20.3 Å². The summed E-state index contributed by atoms with van der Waals surface area (Å²) in [6.45, 7) is 8.08. The molecule has 0 aromatic rings. The summed E-state index contributed by atoms with van der Waals surface area (Å²) in [4.78, 5) is 27.2. The van der Waals surface area contributed by atoms with Crippen LogP contribution in [0.25, 0.3) is 0 Å². The number of carbonyl (C=O) groups excluding carboxylic acids is 2. The van der Waals surface area contributed by atoms with Crippen molar-refractivity contribution in [3.63, 3.8) is 0 Å². The fraction of sp³-hybridized carbons (Fsp3) is 0.867. The largest absolute Gasteiger partial charge is 0.384 e. The van der Waals surface area contributed by atoms with E-state index in [0.29, 0.717) is 18.4 Å². The summed E-state index contributed by atoms with van der Waals surface area (Å²) in [5.41, 5.74) is 0.266. The lowest BCUT2D eigenvalue weighted by Gasteiger charge is -2.51. The summed E-state index contributed by atoms with van der Waals surface area (Å²) in [5.74, 6) is 0.875. The molecule has 1 aliphatic carbocycles. The van der Waals surface area contributed by atoms with Crippen molar-refractivity contribution in [2.45, 2.75) is 20.3 Å². The summed E-state index contributed by atoms with van der Waals surface area (Å²) in [5, 5.41) is 0. The average Bonchev–Trinajstić information content (AvgIpc) is 2.83. The third kappa shape index (κ3) is 2.03. The molecule has 0 N–H and O–H groups in total. The number of likely N-dealkylation sites (tertiary alicyclic amines) is 2. The highest BCUT2D eigenvalue weighted by atomic mass is 16.5. The quantitative estimate of drug-likeness (QED) is 0.708. The van der Waals surface area contributed by atoms with Crippen molar-refractivity contribution in [1.29, 1.82) is 0 Å². The maximum Gasteiger partial charge on any atom is 0.226 e. The smallest absolute Gasteiger partial charge is 0.226 e. The van der Waals surface area contributed by atoms with Gasteiger partial charge in [-0.05, 0) is 11.8 Å². The fourth-order valence-corrected chi connectivity index (χ4v) is 3.92. The van der Waals surface area contributed by atoms with Crippen LogP contribution in [0.15, 0.2) is 0 Å². The molecule has 5 heteroatoms. The van der Waals surface area contributed by atoms with Gasteiger partial charge < -0.3 is 14.5 Å². The summed E-state index contributed by atoms with van der Waals surface area (Å²) in [7, 11) is 1.70. The minimum Gasteiger partial charge on any atom is -0.384 e. The molecule has 0 aromatic carbocycles. The van der Waals surface area contributed by atoms with Gasteiger partial charge in [-0.1, -0.05) is 13.8 Å². The van der Waals surface area contributed by atoms with E-state index in [1.54, 1.807) is 7.11 Å². The lowest BCUT2D eigenvalue weighted by atomic mass is 9.71. The Labute approximate surface area is 120 Å². The number of amides is 2. The van der Waals surface area contributed by atoms with Crippen molar-refractivity contribution in [3.05, 3.63) is 0 Å². The van der Waals surface area contributed by atoms with Crippen LogP contribution in [0.3, 0.4) is 0 Å². The summed E-state index contributed by atoms with van der Waals surface area (Å²) < 4.78 is 5.29. The molecule has 2 amide bonds. The standard InChI is InChI=1S/C15H24N2O3/c1-14(2)4-12(14)13(19)17-8-15(9-17)7-16(10-18)5-11(15)6-20-3/h10-12H,4-9H2,1-3H3/t11-,12+/m0/s1. The van der Waals surface area contributed by atoms with E-state index in [2.05, 4.69) is 13.8 Å². The summed E-state index contributed by atoms with van der Waals surface area (Å²) in [6.07, 6.45) is 1.93. The normalized spacial score (nSPS) is 33.1. The van der Waals surface area contributed by atoms with Crippen LogP contribution in [0.5, 0.6) is 0 Å². The van der Waals surface area contributed by atoms with E-state index in [1.165, 1.54) is 0 Å². The Hall–Kier alpha value is -1.10. The molecule has 2 atom stereocenters. The van der Waals surface area contributed by atoms with Crippen LogP contribution in [-0.4, -0.2) is 62.0 Å². The third-order valence-corrected chi connectivity index (χ3v) is 5.49. The molecule has 3 rings (SSSR count). The van der Waals surface area contributed by atoms with E-state index >= 15 is 0 Å². The lowest BCUT2D eigenvalue weighted by molar-refractivity contribution is -0.148. The molecular formula is C15H24N2O3. The van der Waals surface area contributed by atoms with Gasteiger partial charge in [-0.15, -0.1) is 0 Å². The molecule has 3 aliphatic rings. The minimum absolute atomic E-state index is 0.0750. The second-order valence-electron chi connectivity index (χ2n) is 7.49. The first-order valence-electron chi connectivity index (χ1n) is 7.39. The lowest BCUT2D eigenvalue weighted by Crippen LogP contribution is -2.63. The molecule has 1 saturated carbocycles. The molecule has 0 aromatic heterocycles. The first-order chi connectivity index (χ1) is 9.42. The Balaban J connectivity index is 1.62. The van der Waals surface area contributed by atoms with E-state index in [9.17, 15) is 9.59 Å². The number of ether oxygens (including phenoxy) is 1. The van der Waals surface area contributed by atoms with Crippen molar-refractivity contribution in [3.8, 4) is 0 Å². The maximum absolute atomic E-state index is 12.4. The van der Waals surface area contributed by atoms with E-state index in [-0.39, 0.29) is 16.7 Å². The van der Waals surface area contributed by atoms with Crippen LogP contribution >= 0.6 is 0 Å². The van der Waals surface area contributed by atoms with Crippen LogP contribution in [0.4, 0.5) is 0 Å². The number of hydrogen-bond donors (Lipinski definition) is 0. The van der Waals surface area contributed by atoms with Crippen LogP contribution in [0, 0.1) is 22.7 Å². The molecule has 2 heterocycles. The highest BCUT2D eigenvalue weighted by molar-refractivity contribution is 5.83. The second-order valence-corrected chi connectivity index (χ2v) is 7.49. The van der Waals surface area contributed by atoms with Crippen LogP contribution in [0.2, 0.25) is 0 Å². The van der Waals surface area contributed by atoms with Gasteiger partial charge in [-0.3, -0.25) is 9.59 Å². The molecule has 3 fully saturated rings. The Morgan fingerprint density at radius 3 is 2.50 bits per heavy atom. The van der Waals surface area contributed by atoms with Crippen LogP contribution in [-0.2, 0) is 14.3 Å². The molecule has 5 nitrogen and oxygen atoms in total. The Morgan fingerprint density at radius 1 is 1.35 bits per heavy atom. The fourth-order valence-electron chi connectivity index (χ4n) is 3.92. The van der Waals surface area contributed by atoms with Gasteiger partial charge in [-0.25, -0.2) is 0 Å². The number of methoxy groups -OCH3 is 1. The van der Waals surface area contributed by atoms with Gasteiger partial charge in [0.15, 0.2) is 0 Å². The number of rotatable bonds is 4. The van der Waals surface area contributed by atoms with Crippen molar-refractivity contribution >= 4 is 12.3 Å². The van der Waals surface area contributed by atoms with Gasteiger partial charge in [0.1, 0.15) is 0 Å². The molecule has 0 bridgehead atoms. The Morgan fingerprint density at radius 2 is 2.00 bits per heavy atom. The number of hydrogen-bond acceptors (Lipinski definition) is 3.